The Labute approximate surface area is 181 Å². The Bertz CT molecular complexity index is 1010. The first-order valence-corrected chi connectivity index (χ1v) is 9.82. The Morgan fingerprint density at radius 2 is 1.82 bits per heavy atom. The lowest BCUT2D eigenvalue weighted by molar-refractivity contribution is 0.0955. The van der Waals surface area contributed by atoms with E-state index in [2.05, 4.69) is 26.5 Å². The molecule has 0 bridgehead atoms. The number of hydrogen-bond donors (Lipinski definition) is 1. The summed E-state index contributed by atoms with van der Waals surface area (Å²) in [6.45, 7) is 0.383. The van der Waals surface area contributed by atoms with Crippen LogP contribution in [0.1, 0.15) is 21.5 Å². The molecule has 0 saturated carbocycles. The van der Waals surface area contributed by atoms with Crippen molar-refractivity contribution in [2.75, 3.05) is 0 Å². The quantitative estimate of drug-likeness (QED) is 0.344. The second-order valence-electron chi connectivity index (χ2n) is 5.81. The molecule has 0 aliphatic rings. The van der Waals surface area contributed by atoms with Gasteiger partial charge in [-0.1, -0.05) is 57.3 Å². The minimum absolute atomic E-state index is 0.350. The van der Waals surface area contributed by atoms with Crippen molar-refractivity contribution in [3.8, 4) is 5.75 Å². The molecular formula is C21H15BrCl2N2O2. The molecule has 3 aromatic rings. The van der Waals surface area contributed by atoms with Crippen LogP contribution in [-0.2, 0) is 6.61 Å². The van der Waals surface area contributed by atoms with Gasteiger partial charge in [-0.15, -0.1) is 0 Å². The maximum absolute atomic E-state index is 12.1. The van der Waals surface area contributed by atoms with Gasteiger partial charge in [0.1, 0.15) is 12.4 Å². The smallest absolute Gasteiger partial charge is 0.271 e. The molecule has 0 atom stereocenters. The van der Waals surface area contributed by atoms with Crippen molar-refractivity contribution < 1.29 is 9.53 Å². The van der Waals surface area contributed by atoms with E-state index in [9.17, 15) is 4.79 Å². The molecule has 4 nitrogen and oxygen atoms in total. The third-order valence-corrected chi connectivity index (χ3v) is 4.72. The van der Waals surface area contributed by atoms with E-state index in [1.54, 1.807) is 24.3 Å². The number of hydrazone groups is 1. The first-order chi connectivity index (χ1) is 13.5. The summed E-state index contributed by atoms with van der Waals surface area (Å²) < 4.78 is 6.76. The van der Waals surface area contributed by atoms with Gasteiger partial charge in [-0.25, -0.2) is 5.43 Å². The summed E-state index contributed by atoms with van der Waals surface area (Å²) in [4.78, 5) is 12.1. The average Bonchev–Trinajstić information content (AvgIpc) is 2.68. The van der Waals surface area contributed by atoms with E-state index in [0.717, 1.165) is 15.6 Å². The lowest BCUT2D eigenvalue weighted by atomic mass is 10.2. The van der Waals surface area contributed by atoms with Crippen molar-refractivity contribution in [3.05, 3.63) is 97.9 Å². The summed E-state index contributed by atoms with van der Waals surface area (Å²) in [5, 5.41) is 5.19. The normalized spacial score (nSPS) is 10.8. The minimum atomic E-state index is -0.350. The highest BCUT2D eigenvalue weighted by atomic mass is 79.9. The molecule has 1 amide bonds. The number of halogens is 3. The number of rotatable bonds is 6. The van der Waals surface area contributed by atoms with Gasteiger partial charge in [0.15, 0.2) is 0 Å². The maximum atomic E-state index is 12.1. The zero-order valence-electron chi connectivity index (χ0n) is 14.5. The van der Waals surface area contributed by atoms with Crippen LogP contribution in [0.2, 0.25) is 10.0 Å². The molecule has 0 radical (unpaired) electrons. The summed E-state index contributed by atoms with van der Waals surface area (Å²) in [5.41, 5.74) is 4.62. The summed E-state index contributed by atoms with van der Waals surface area (Å²) in [6.07, 6.45) is 1.53. The molecule has 0 spiro atoms. The van der Waals surface area contributed by atoms with E-state index >= 15 is 0 Å². The summed E-state index contributed by atoms with van der Waals surface area (Å²) in [7, 11) is 0. The molecule has 7 heteroatoms. The van der Waals surface area contributed by atoms with Crippen LogP contribution in [0.3, 0.4) is 0 Å². The van der Waals surface area contributed by atoms with E-state index < -0.39 is 0 Å². The second-order valence-corrected chi connectivity index (χ2v) is 7.60. The van der Waals surface area contributed by atoms with Gasteiger partial charge in [0.05, 0.1) is 6.21 Å². The fraction of sp³-hybridized carbons (Fsp3) is 0.0476. The van der Waals surface area contributed by atoms with Crippen LogP contribution in [0, 0.1) is 0 Å². The summed E-state index contributed by atoms with van der Waals surface area (Å²) in [5.74, 6) is 0.288. The predicted molar refractivity (Wildman–Crippen MR) is 116 cm³/mol. The molecule has 0 saturated heterocycles. The van der Waals surface area contributed by atoms with Crippen LogP contribution < -0.4 is 10.2 Å². The van der Waals surface area contributed by atoms with Crippen LogP contribution in [0.4, 0.5) is 0 Å². The van der Waals surface area contributed by atoms with Crippen LogP contribution in [0.15, 0.2) is 76.3 Å². The fourth-order valence-corrected chi connectivity index (χ4v) is 3.04. The standard InChI is InChI=1S/C21H15BrCl2N2O2/c22-17-6-9-20(28-13-14-4-7-18(23)8-5-14)16(10-17)12-25-26-21(27)15-2-1-3-19(24)11-15/h1-12H,13H2,(H,26,27)/b25-12-. The van der Waals surface area contributed by atoms with Gasteiger partial charge in [0.25, 0.3) is 5.91 Å². The number of nitrogens with zero attached hydrogens (tertiary/aromatic N) is 1. The van der Waals surface area contributed by atoms with E-state index in [-0.39, 0.29) is 5.91 Å². The molecule has 0 aliphatic carbocycles. The van der Waals surface area contributed by atoms with E-state index in [1.165, 1.54) is 6.21 Å². The van der Waals surface area contributed by atoms with Crippen LogP contribution in [-0.4, -0.2) is 12.1 Å². The molecule has 142 valence electrons. The van der Waals surface area contributed by atoms with Gasteiger partial charge in [0.2, 0.25) is 0 Å². The number of nitrogens with one attached hydrogen (secondary N) is 1. The largest absolute Gasteiger partial charge is 0.488 e. The Hall–Kier alpha value is -2.34. The Morgan fingerprint density at radius 3 is 2.57 bits per heavy atom. The SMILES string of the molecule is O=C(N/N=C\c1cc(Br)ccc1OCc1ccc(Cl)cc1)c1cccc(Cl)c1. The Kier molecular flexibility index (Phi) is 7.09. The van der Waals surface area contributed by atoms with Gasteiger partial charge in [-0.3, -0.25) is 4.79 Å². The predicted octanol–water partition coefficient (Wildman–Crippen LogP) is 6.10. The molecule has 3 rings (SSSR count). The topological polar surface area (TPSA) is 50.7 Å². The van der Waals surface area contributed by atoms with E-state index in [4.69, 9.17) is 27.9 Å². The maximum Gasteiger partial charge on any atom is 0.271 e. The van der Waals surface area contributed by atoms with Gasteiger partial charge in [-0.2, -0.15) is 5.10 Å². The Balaban J connectivity index is 1.68. The number of carbonyl (C=O) groups is 1. The lowest BCUT2D eigenvalue weighted by Crippen LogP contribution is -2.17. The third-order valence-electron chi connectivity index (χ3n) is 3.74. The summed E-state index contributed by atoms with van der Waals surface area (Å²) >= 11 is 15.2. The zero-order valence-corrected chi connectivity index (χ0v) is 17.6. The van der Waals surface area contributed by atoms with Gasteiger partial charge in [0, 0.05) is 25.6 Å². The third kappa shape index (κ3) is 5.83. The monoisotopic (exact) mass is 476 g/mol. The zero-order chi connectivity index (χ0) is 19.9. The number of benzene rings is 3. The molecule has 0 fully saturated rings. The lowest BCUT2D eigenvalue weighted by Gasteiger charge is -2.10. The number of carbonyl (C=O) groups excluding carboxylic acids is 1. The Morgan fingerprint density at radius 1 is 1.04 bits per heavy atom. The van der Waals surface area contributed by atoms with Crippen molar-refractivity contribution in [2.24, 2.45) is 5.10 Å². The minimum Gasteiger partial charge on any atom is -0.488 e. The second kappa shape index (κ2) is 9.73. The van der Waals surface area contributed by atoms with Gasteiger partial charge < -0.3 is 4.74 Å². The van der Waals surface area contributed by atoms with Gasteiger partial charge in [-0.05, 0) is 54.1 Å². The van der Waals surface area contributed by atoms with Crippen molar-refractivity contribution >= 4 is 51.3 Å². The van der Waals surface area contributed by atoms with E-state index in [1.807, 2.05) is 42.5 Å². The van der Waals surface area contributed by atoms with Crippen LogP contribution in [0.5, 0.6) is 5.75 Å². The van der Waals surface area contributed by atoms with E-state index in [0.29, 0.717) is 28.0 Å². The first-order valence-electron chi connectivity index (χ1n) is 8.27. The highest BCUT2D eigenvalue weighted by molar-refractivity contribution is 9.10. The van der Waals surface area contributed by atoms with Crippen LogP contribution >= 0.6 is 39.1 Å². The van der Waals surface area contributed by atoms with Crippen molar-refractivity contribution in [1.29, 1.82) is 0 Å². The molecule has 0 aliphatic heterocycles. The molecule has 0 heterocycles. The number of amides is 1. The first kappa shape index (κ1) is 20.4. The van der Waals surface area contributed by atoms with Crippen molar-refractivity contribution in [3.63, 3.8) is 0 Å². The van der Waals surface area contributed by atoms with Crippen molar-refractivity contribution in [1.82, 2.24) is 5.43 Å². The molecule has 0 aromatic heterocycles. The van der Waals surface area contributed by atoms with Crippen molar-refractivity contribution in [2.45, 2.75) is 6.61 Å². The average molecular weight is 478 g/mol. The molecular weight excluding hydrogens is 463 g/mol. The molecule has 1 N–H and O–H groups in total. The highest BCUT2D eigenvalue weighted by Crippen LogP contribution is 2.23. The number of hydrogen-bond acceptors (Lipinski definition) is 3. The molecule has 3 aromatic carbocycles. The molecule has 0 unspecified atom stereocenters. The molecule has 28 heavy (non-hydrogen) atoms. The fourth-order valence-electron chi connectivity index (χ4n) is 2.35. The number of ether oxygens (including phenoxy) is 1. The van der Waals surface area contributed by atoms with Gasteiger partial charge >= 0.3 is 0 Å². The van der Waals surface area contributed by atoms with Crippen LogP contribution in [0.25, 0.3) is 0 Å². The highest BCUT2D eigenvalue weighted by Gasteiger charge is 2.06. The summed E-state index contributed by atoms with van der Waals surface area (Å²) in [6, 6.07) is 19.6.